The fourth-order valence-electron chi connectivity index (χ4n) is 0.332. The Kier molecular flexibility index (Phi) is 1.23. The summed E-state index contributed by atoms with van der Waals surface area (Å²) in [6.07, 6.45) is 0.00986. The minimum Gasteiger partial charge on any atom is -0.252 e. The van der Waals surface area contributed by atoms with Gasteiger partial charge in [0, 0.05) is 29.3 Å². The number of rotatable bonds is 1. The molecule has 0 aromatic carbocycles. The van der Waals surface area contributed by atoms with Crippen molar-refractivity contribution in [2.75, 3.05) is 0 Å². The number of nitrogens with one attached hydrogen (secondary N) is 1. The molecule has 1 unspecified atom stereocenters. The molecule has 1 N–H and O–H groups in total. The van der Waals surface area contributed by atoms with Crippen molar-refractivity contribution in [1.29, 1.82) is 0 Å². The van der Waals surface area contributed by atoms with Crippen LogP contribution in [0.25, 0.3) is 0 Å². The van der Waals surface area contributed by atoms with E-state index in [9.17, 15) is 8.78 Å². The molecule has 0 amide bonds. The molecule has 0 radical (unpaired) electrons. The van der Waals surface area contributed by atoms with Crippen molar-refractivity contribution in [2.24, 2.45) is 0 Å². The molecule has 1 rings (SSSR count). The third-order valence-corrected chi connectivity index (χ3v) is 1.71. The van der Waals surface area contributed by atoms with Crippen LogP contribution in [-0.4, -0.2) is 12.0 Å². The fourth-order valence-corrected chi connectivity index (χ4v) is 1.01. The van der Waals surface area contributed by atoms with Gasteiger partial charge in [-0.2, -0.15) is 0 Å². The summed E-state index contributed by atoms with van der Waals surface area (Å²) in [5.41, 5.74) is 0. The normalized spacial score (nSPS) is 35.6. The van der Waals surface area contributed by atoms with E-state index in [0.717, 1.165) is 0 Å². The molecule has 1 nitrogen and oxygen atoms in total. The maximum atomic E-state index is 11.7. The van der Waals surface area contributed by atoms with Gasteiger partial charge < -0.3 is 0 Å². The number of hydrogen-bond donors (Lipinski definition) is 1. The van der Waals surface area contributed by atoms with Crippen LogP contribution in [0.4, 0.5) is 8.78 Å². The smallest absolute Gasteiger partial charge is 0.252 e. The first-order valence-corrected chi connectivity index (χ1v) is 2.98. The predicted octanol–water partition coefficient (Wildman–Crippen LogP) is 1.33. The Morgan fingerprint density at radius 2 is 2.14 bits per heavy atom. The summed E-state index contributed by atoms with van der Waals surface area (Å²) in [4.78, 5) is 0. The Balaban J connectivity index is 2.30. The Bertz CT molecular complexity index is 85.0. The summed E-state index contributed by atoms with van der Waals surface area (Å²) >= 11 is 1.74. The van der Waals surface area contributed by atoms with Gasteiger partial charge in [-0.15, -0.1) is 0 Å². The lowest BCUT2D eigenvalue weighted by atomic mass is 10.7. The topological polar surface area (TPSA) is 12.0 Å². The molecule has 0 aromatic rings. The van der Waals surface area contributed by atoms with Crippen molar-refractivity contribution < 1.29 is 8.78 Å². The molecule has 0 aliphatic heterocycles. The third kappa shape index (κ3) is 1.02. The standard InChI is InChI=1S/C3H4F2IN/c4-3(5)1-2(3)7-6/h2,7H,1H2. The average molecular weight is 219 g/mol. The average Bonchev–Trinajstić information content (AvgIpc) is 2.13. The van der Waals surface area contributed by atoms with E-state index in [1.807, 2.05) is 0 Å². The van der Waals surface area contributed by atoms with E-state index in [2.05, 4.69) is 3.53 Å². The van der Waals surface area contributed by atoms with Crippen molar-refractivity contribution >= 4 is 22.9 Å². The lowest BCUT2D eigenvalue weighted by molar-refractivity contribution is 0.111. The molecule has 1 aliphatic rings. The van der Waals surface area contributed by atoms with Crippen molar-refractivity contribution in [1.82, 2.24) is 3.53 Å². The largest absolute Gasteiger partial charge is 0.265 e. The lowest BCUT2D eigenvalue weighted by Gasteiger charge is -1.88. The molecule has 7 heavy (non-hydrogen) atoms. The maximum Gasteiger partial charge on any atom is 0.265 e. The van der Waals surface area contributed by atoms with Crippen LogP contribution in [0.3, 0.4) is 0 Å². The van der Waals surface area contributed by atoms with Crippen LogP contribution < -0.4 is 3.53 Å². The van der Waals surface area contributed by atoms with Gasteiger partial charge in [-0.25, -0.2) is 8.78 Å². The van der Waals surface area contributed by atoms with Gasteiger partial charge >= 0.3 is 0 Å². The second kappa shape index (κ2) is 1.51. The molecule has 1 fully saturated rings. The SMILES string of the molecule is FC1(F)CC1NI. The molecule has 42 valence electrons. The van der Waals surface area contributed by atoms with Gasteiger partial charge in [0.15, 0.2) is 0 Å². The van der Waals surface area contributed by atoms with E-state index in [1.54, 1.807) is 22.9 Å². The molecule has 0 saturated heterocycles. The van der Waals surface area contributed by atoms with Gasteiger partial charge in [0.25, 0.3) is 5.92 Å². The van der Waals surface area contributed by atoms with Crippen LogP contribution in [-0.2, 0) is 0 Å². The summed E-state index contributed by atoms with van der Waals surface area (Å²) < 4.78 is 25.9. The number of alkyl halides is 2. The number of hydrogen-bond acceptors (Lipinski definition) is 1. The summed E-state index contributed by atoms with van der Waals surface area (Å²) in [7, 11) is 0. The van der Waals surface area contributed by atoms with Crippen LogP contribution in [0.1, 0.15) is 6.42 Å². The van der Waals surface area contributed by atoms with Crippen molar-refractivity contribution in [3.8, 4) is 0 Å². The summed E-state index contributed by atoms with van der Waals surface area (Å²) in [5, 5.41) is 0. The first kappa shape index (κ1) is 5.68. The van der Waals surface area contributed by atoms with Crippen LogP contribution in [0, 0.1) is 0 Å². The molecule has 0 heterocycles. The monoisotopic (exact) mass is 219 g/mol. The minimum atomic E-state index is -2.40. The highest BCUT2D eigenvalue weighted by Gasteiger charge is 2.56. The lowest BCUT2D eigenvalue weighted by Crippen LogP contribution is -2.09. The first-order chi connectivity index (χ1) is 3.17. The Morgan fingerprint density at radius 3 is 2.14 bits per heavy atom. The fraction of sp³-hybridized carbons (Fsp3) is 1.00. The van der Waals surface area contributed by atoms with E-state index in [-0.39, 0.29) is 6.42 Å². The predicted molar refractivity (Wildman–Crippen MR) is 30.5 cm³/mol. The van der Waals surface area contributed by atoms with Crippen molar-refractivity contribution in [3.63, 3.8) is 0 Å². The van der Waals surface area contributed by atoms with Gasteiger partial charge in [0.2, 0.25) is 0 Å². The Morgan fingerprint density at radius 1 is 1.71 bits per heavy atom. The van der Waals surface area contributed by atoms with Gasteiger partial charge in [-0.3, -0.25) is 3.53 Å². The Hall–Kier alpha value is 0.550. The summed E-state index contributed by atoms with van der Waals surface area (Å²) in [5.74, 6) is -2.40. The maximum absolute atomic E-state index is 11.7. The van der Waals surface area contributed by atoms with Crippen molar-refractivity contribution in [2.45, 2.75) is 18.4 Å². The zero-order chi connectivity index (χ0) is 5.49. The highest BCUT2D eigenvalue weighted by Crippen LogP contribution is 2.41. The van der Waals surface area contributed by atoms with Crippen LogP contribution in [0.15, 0.2) is 0 Å². The highest BCUT2D eigenvalue weighted by atomic mass is 127. The zero-order valence-corrected chi connectivity index (χ0v) is 5.58. The van der Waals surface area contributed by atoms with Crippen molar-refractivity contribution in [3.05, 3.63) is 0 Å². The first-order valence-electron chi connectivity index (χ1n) is 1.91. The summed E-state index contributed by atoms with van der Waals surface area (Å²) in [6.45, 7) is 0. The van der Waals surface area contributed by atoms with E-state index in [4.69, 9.17) is 0 Å². The molecule has 0 bridgehead atoms. The molecular weight excluding hydrogens is 215 g/mol. The van der Waals surface area contributed by atoms with E-state index < -0.39 is 12.0 Å². The van der Waals surface area contributed by atoms with E-state index in [0.29, 0.717) is 0 Å². The van der Waals surface area contributed by atoms with E-state index in [1.165, 1.54) is 0 Å². The van der Waals surface area contributed by atoms with Crippen LogP contribution in [0.5, 0.6) is 0 Å². The van der Waals surface area contributed by atoms with Crippen LogP contribution >= 0.6 is 22.9 Å². The second-order valence-corrected chi connectivity index (χ2v) is 2.25. The zero-order valence-electron chi connectivity index (χ0n) is 3.42. The molecule has 1 saturated carbocycles. The molecular formula is C3H4F2IN. The second-order valence-electron chi connectivity index (χ2n) is 1.63. The van der Waals surface area contributed by atoms with E-state index >= 15 is 0 Å². The molecule has 4 heteroatoms. The minimum absolute atomic E-state index is 0.00986. The van der Waals surface area contributed by atoms with Gasteiger partial charge in [0.1, 0.15) is 0 Å². The number of halogens is 3. The highest BCUT2D eigenvalue weighted by molar-refractivity contribution is 14.1. The quantitative estimate of drug-likeness (QED) is 0.518. The van der Waals surface area contributed by atoms with Gasteiger partial charge in [-0.1, -0.05) is 0 Å². The van der Waals surface area contributed by atoms with Crippen LogP contribution in [0.2, 0.25) is 0 Å². The summed E-state index contributed by atoms with van der Waals surface area (Å²) in [6, 6.07) is -0.548. The molecule has 0 spiro atoms. The molecule has 0 aromatic heterocycles. The third-order valence-electron chi connectivity index (χ3n) is 0.958. The Labute approximate surface area is 54.0 Å². The molecule has 1 aliphatic carbocycles. The van der Waals surface area contributed by atoms with Gasteiger partial charge in [0.05, 0.1) is 6.04 Å². The van der Waals surface area contributed by atoms with Gasteiger partial charge in [-0.05, 0) is 0 Å². The molecule has 1 atom stereocenters.